The number of aromatic hydroxyl groups is 1. The van der Waals surface area contributed by atoms with Crippen LogP contribution in [0, 0.1) is 0 Å². The van der Waals surface area contributed by atoms with Crippen molar-refractivity contribution in [2.24, 2.45) is 5.10 Å². The van der Waals surface area contributed by atoms with Gasteiger partial charge >= 0.3 is 6.18 Å². The molecule has 144 valence electrons. The zero-order chi connectivity index (χ0) is 20.0. The number of phenols is 1. The molecular weight excluding hydrogens is 365 g/mol. The largest absolute Gasteiger partial charge is 0.502 e. The number of alkyl halides is 3. The summed E-state index contributed by atoms with van der Waals surface area (Å²) in [5, 5.41) is 13.6. The topological polar surface area (TPSA) is 80.2 Å². The molecule has 0 radical (unpaired) electrons. The summed E-state index contributed by atoms with van der Waals surface area (Å²) < 4.78 is 48.1. The highest BCUT2D eigenvalue weighted by atomic mass is 19.4. The predicted molar refractivity (Wildman–Crippen MR) is 92.1 cm³/mol. The Morgan fingerprint density at radius 2 is 1.81 bits per heavy atom. The lowest BCUT2D eigenvalue weighted by molar-refractivity contribution is -0.137. The summed E-state index contributed by atoms with van der Waals surface area (Å²) >= 11 is 0. The van der Waals surface area contributed by atoms with Gasteiger partial charge in [0.2, 0.25) is 11.7 Å². The average molecular weight is 382 g/mol. The second-order valence-electron chi connectivity index (χ2n) is 5.44. The zero-order valence-corrected chi connectivity index (χ0v) is 14.5. The minimum absolute atomic E-state index is 0.158. The Morgan fingerprint density at radius 1 is 1.19 bits per heavy atom. The molecule has 0 saturated carbocycles. The molecular formula is C18H17F3N2O4. The van der Waals surface area contributed by atoms with Crippen molar-refractivity contribution >= 4 is 12.1 Å². The summed E-state index contributed by atoms with van der Waals surface area (Å²) in [6.07, 6.45) is -3.44. The van der Waals surface area contributed by atoms with Gasteiger partial charge in [-0.1, -0.05) is 18.2 Å². The highest BCUT2D eigenvalue weighted by Gasteiger charge is 2.30. The zero-order valence-electron chi connectivity index (χ0n) is 14.5. The van der Waals surface area contributed by atoms with E-state index in [0.717, 1.165) is 12.1 Å². The molecule has 2 aromatic carbocycles. The molecule has 1 amide bonds. The number of rotatable bonds is 6. The van der Waals surface area contributed by atoms with Crippen LogP contribution in [0.25, 0.3) is 0 Å². The van der Waals surface area contributed by atoms with Crippen molar-refractivity contribution in [2.75, 3.05) is 14.2 Å². The second-order valence-corrected chi connectivity index (χ2v) is 5.44. The Labute approximate surface area is 153 Å². The van der Waals surface area contributed by atoms with Crippen molar-refractivity contribution in [3.05, 3.63) is 53.1 Å². The molecule has 0 spiro atoms. The van der Waals surface area contributed by atoms with E-state index in [1.807, 2.05) is 0 Å². The van der Waals surface area contributed by atoms with Crippen LogP contribution in [0.5, 0.6) is 17.2 Å². The van der Waals surface area contributed by atoms with Crippen molar-refractivity contribution in [3.63, 3.8) is 0 Å². The minimum Gasteiger partial charge on any atom is -0.502 e. The average Bonchev–Trinajstić information content (AvgIpc) is 2.62. The third-order valence-electron chi connectivity index (χ3n) is 3.52. The maximum Gasteiger partial charge on any atom is 0.416 e. The fraction of sp³-hybridized carbons (Fsp3) is 0.222. The maximum absolute atomic E-state index is 12.7. The van der Waals surface area contributed by atoms with Crippen molar-refractivity contribution in [1.29, 1.82) is 0 Å². The van der Waals surface area contributed by atoms with E-state index in [9.17, 15) is 23.1 Å². The number of halogens is 3. The van der Waals surface area contributed by atoms with Crippen LogP contribution < -0.4 is 14.9 Å². The van der Waals surface area contributed by atoms with Gasteiger partial charge in [-0.2, -0.15) is 18.3 Å². The van der Waals surface area contributed by atoms with Gasteiger partial charge < -0.3 is 14.6 Å². The van der Waals surface area contributed by atoms with Crippen LogP contribution in [0.4, 0.5) is 13.2 Å². The van der Waals surface area contributed by atoms with Crippen LogP contribution in [-0.4, -0.2) is 31.4 Å². The Kier molecular flexibility index (Phi) is 6.27. The van der Waals surface area contributed by atoms with Gasteiger partial charge in [0.1, 0.15) is 0 Å². The first-order valence-corrected chi connectivity index (χ1v) is 7.67. The highest BCUT2D eigenvalue weighted by molar-refractivity contribution is 5.84. The standard InChI is InChI=1S/C18H17F3N2O4/c1-26-14-7-12(8-15(27-2)17(14)25)10-22-23-16(24)9-11-4-3-5-13(6-11)18(19,20)21/h3-8,10,25H,9H2,1-2H3,(H,23,24)/b22-10-. The molecule has 0 unspecified atom stereocenters. The third kappa shape index (κ3) is 5.37. The molecule has 2 N–H and O–H groups in total. The molecule has 0 aliphatic carbocycles. The summed E-state index contributed by atoms with van der Waals surface area (Å²) in [6.45, 7) is 0. The maximum atomic E-state index is 12.7. The number of hydrogen-bond acceptors (Lipinski definition) is 5. The van der Waals surface area contributed by atoms with E-state index in [4.69, 9.17) is 9.47 Å². The number of carbonyl (C=O) groups excluding carboxylic acids is 1. The SMILES string of the molecule is COc1cc(/C=N\NC(=O)Cc2cccc(C(F)(F)F)c2)cc(OC)c1O. The van der Waals surface area contributed by atoms with Crippen molar-refractivity contribution in [1.82, 2.24) is 5.43 Å². The number of phenolic OH excluding ortho intramolecular Hbond substituents is 1. The minimum atomic E-state index is -4.47. The molecule has 0 aromatic heterocycles. The normalized spacial score (nSPS) is 11.4. The fourth-order valence-corrected chi connectivity index (χ4v) is 2.25. The van der Waals surface area contributed by atoms with E-state index in [0.29, 0.717) is 5.56 Å². The van der Waals surface area contributed by atoms with Crippen LogP contribution in [0.1, 0.15) is 16.7 Å². The van der Waals surface area contributed by atoms with Crippen molar-refractivity contribution in [3.8, 4) is 17.2 Å². The summed E-state index contributed by atoms with van der Waals surface area (Å²) in [5.74, 6) is -0.439. The molecule has 2 aromatic rings. The van der Waals surface area contributed by atoms with E-state index in [1.165, 1.54) is 44.7 Å². The van der Waals surface area contributed by atoms with Crippen LogP contribution in [-0.2, 0) is 17.4 Å². The lowest BCUT2D eigenvalue weighted by Crippen LogP contribution is -2.20. The number of ether oxygens (including phenoxy) is 2. The smallest absolute Gasteiger partial charge is 0.416 e. The fourth-order valence-electron chi connectivity index (χ4n) is 2.25. The van der Waals surface area contributed by atoms with E-state index in [1.54, 1.807) is 0 Å². The number of benzene rings is 2. The van der Waals surface area contributed by atoms with Crippen LogP contribution in [0.3, 0.4) is 0 Å². The lowest BCUT2D eigenvalue weighted by atomic mass is 10.1. The van der Waals surface area contributed by atoms with Crippen LogP contribution in [0.15, 0.2) is 41.5 Å². The van der Waals surface area contributed by atoms with Gasteiger partial charge in [0.25, 0.3) is 0 Å². The number of hydrazone groups is 1. The Bertz CT molecular complexity index is 826. The quantitative estimate of drug-likeness (QED) is 0.594. The number of hydrogen-bond donors (Lipinski definition) is 2. The van der Waals surface area contributed by atoms with Crippen molar-refractivity contribution in [2.45, 2.75) is 12.6 Å². The van der Waals surface area contributed by atoms with E-state index in [-0.39, 0.29) is 29.2 Å². The Hall–Kier alpha value is -3.23. The van der Waals surface area contributed by atoms with Crippen LogP contribution in [0.2, 0.25) is 0 Å². The molecule has 0 aliphatic rings. The van der Waals surface area contributed by atoms with Gasteiger partial charge in [-0.05, 0) is 23.8 Å². The summed E-state index contributed by atoms with van der Waals surface area (Å²) in [5.41, 5.74) is 2.10. The van der Waals surface area contributed by atoms with Gasteiger partial charge in [0.15, 0.2) is 11.5 Å². The van der Waals surface area contributed by atoms with E-state index in [2.05, 4.69) is 10.5 Å². The Morgan fingerprint density at radius 3 is 2.37 bits per heavy atom. The van der Waals surface area contributed by atoms with Gasteiger partial charge in [-0.15, -0.1) is 0 Å². The lowest BCUT2D eigenvalue weighted by Gasteiger charge is -2.09. The molecule has 0 fully saturated rings. The number of amides is 1. The Balaban J connectivity index is 2.04. The first-order chi connectivity index (χ1) is 12.7. The summed E-state index contributed by atoms with van der Waals surface area (Å²) in [4.78, 5) is 11.9. The number of methoxy groups -OCH3 is 2. The second kappa shape index (κ2) is 8.43. The van der Waals surface area contributed by atoms with Crippen molar-refractivity contribution < 1.29 is 32.5 Å². The van der Waals surface area contributed by atoms with Gasteiger partial charge in [-0.3, -0.25) is 4.79 Å². The molecule has 27 heavy (non-hydrogen) atoms. The molecule has 2 rings (SSSR count). The number of carbonyl (C=O) groups is 1. The number of nitrogens with zero attached hydrogens (tertiary/aromatic N) is 1. The van der Waals surface area contributed by atoms with Gasteiger partial charge in [-0.25, -0.2) is 5.43 Å². The molecule has 0 saturated heterocycles. The highest BCUT2D eigenvalue weighted by Crippen LogP contribution is 2.36. The van der Waals surface area contributed by atoms with Gasteiger partial charge in [0, 0.05) is 5.56 Å². The molecule has 9 heteroatoms. The van der Waals surface area contributed by atoms with E-state index >= 15 is 0 Å². The van der Waals surface area contributed by atoms with E-state index < -0.39 is 17.6 Å². The monoisotopic (exact) mass is 382 g/mol. The molecule has 0 bridgehead atoms. The predicted octanol–water partition coefficient (Wildman–Crippen LogP) is 3.12. The number of nitrogens with one attached hydrogen (secondary N) is 1. The summed E-state index contributed by atoms with van der Waals surface area (Å²) in [7, 11) is 2.73. The first kappa shape index (κ1) is 20.1. The molecule has 0 heterocycles. The molecule has 0 atom stereocenters. The summed E-state index contributed by atoms with van der Waals surface area (Å²) in [6, 6.07) is 7.46. The molecule has 6 nitrogen and oxygen atoms in total. The van der Waals surface area contributed by atoms with Crippen LogP contribution >= 0.6 is 0 Å². The molecule has 0 aliphatic heterocycles. The third-order valence-corrected chi connectivity index (χ3v) is 3.52. The van der Waals surface area contributed by atoms with Gasteiger partial charge in [0.05, 0.1) is 32.4 Å². The first-order valence-electron chi connectivity index (χ1n) is 7.67.